The molecule has 2 heterocycles. The van der Waals surface area contributed by atoms with Crippen LogP contribution in [0.25, 0.3) is 0 Å². The molecule has 28 heavy (non-hydrogen) atoms. The average Bonchev–Trinajstić information content (AvgIpc) is 2.65. The fraction of sp³-hybridized carbons (Fsp3) is 0.421. The second kappa shape index (κ2) is 7.73. The van der Waals surface area contributed by atoms with Gasteiger partial charge in [0.25, 0.3) is 0 Å². The number of hydrogen-bond acceptors (Lipinski definition) is 7. The van der Waals surface area contributed by atoms with Crippen LogP contribution in [-0.2, 0) is 16.6 Å². The molecular weight excluding hydrogens is 378 g/mol. The molecule has 0 radical (unpaired) electrons. The van der Waals surface area contributed by atoms with Gasteiger partial charge in [-0.05, 0) is 19.4 Å². The van der Waals surface area contributed by atoms with Crippen LogP contribution in [0, 0.1) is 11.3 Å². The van der Waals surface area contributed by atoms with Gasteiger partial charge in [0.1, 0.15) is 12.7 Å². The summed E-state index contributed by atoms with van der Waals surface area (Å²) < 4.78 is 31.3. The number of aromatic nitrogens is 2. The minimum absolute atomic E-state index is 0.190. The Kier molecular flexibility index (Phi) is 5.54. The number of rotatable bonds is 5. The van der Waals surface area contributed by atoms with Crippen LogP contribution < -0.4 is 9.64 Å². The highest BCUT2D eigenvalue weighted by atomic mass is 32.2. The van der Waals surface area contributed by atoms with Crippen molar-refractivity contribution < 1.29 is 13.2 Å². The molecule has 1 aliphatic heterocycles. The van der Waals surface area contributed by atoms with Crippen molar-refractivity contribution in [3.63, 3.8) is 0 Å². The van der Waals surface area contributed by atoms with E-state index in [1.165, 1.54) is 10.6 Å². The van der Waals surface area contributed by atoms with Crippen molar-refractivity contribution in [1.29, 1.82) is 5.26 Å². The highest BCUT2D eigenvalue weighted by molar-refractivity contribution is 7.88. The van der Waals surface area contributed by atoms with Crippen molar-refractivity contribution in [2.45, 2.75) is 26.0 Å². The molecule has 2 aromatic rings. The van der Waals surface area contributed by atoms with Gasteiger partial charge in [-0.2, -0.15) is 9.57 Å². The number of anilines is 1. The molecule has 1 fully saturated rings. The predicted octanol–water partition coefficient (Wildman–Crippen LogP) is 1.79. The van der Waals surface area contributed by atoms with Gasteiger partial charge >= 0.3 is 0 Å². The van der Waals surface area contributed by atoms with Crippen LogP contribution in [0.5, 0.6) is 5.88 Å². The van der Waals surface area contributed by atoms with Gasteiger partial charge in [-0.3, -0.25) is 0 Å². The molecule has 8 nitrogen and oxygen atoms in total. The molecule has 0 bridgehead atoms. The van der Waals surface area contributed by atoms with Gasteiger partial charge in [-0.15, -0.1) is 10.2 Å². The molecule has 1 aromatic heterocycles. The second-order valence-electron chi connectivity index (χ2n) is 7.37. The Bertz CT molecular complexity index is 986. The minimum atomic E-state index is -3.31. The van der Waals surface area contributed by atoms with E-state index in [-0.39, 0.29) is 5.69 Å². The monoisotopic (exact) mass is 401 g/mol. The Balaban J connectivity index is 1.82. The van der Waals surface area contributed by atoms with Gasteiger partial charge in [-0.25, -0.2) is 8.42 Å². The summed E-state index contributed by atoms with van der Waals surface area (Å²) in [6.45, 7) is 5.29. The summed E-state index contributed by atoms with van der Waals surface area (Å²) in [5.74, 6) is 0.321. The topological polar surface area (TPSA) is 99.4 Å². The number of ether oxygens (including phenoxy) is 1. The van der Waals surface area contributed by atoms with Gasteiger partial charge in [-0.1, -0.05) is 30.3 Å². The van der Waals surface area contributed by atoms with Crippen LogP contribution in [0.3, 0.4) is 0 Å². The molecule has 148 valence electrons. The largest absolute Gasteiger partial charge is 0.472 e. The number of benzene rings is 1. The molecule has 0 N–H and O–H groups in total. The summed E-state index contributed by atoms with van der Waals surface area (Å²) in [5, 5.41) is 17.4. The van der Waals surface area contributed by atoms with Crippen LogP contribution in [-0.4, -0.2) is 54.3 Å². The Hall–Kier alpha value is -2.70. The van der Waals surface area contributed by atoms with E-state index in [0.29, 0.717) is 37.8 Å². The first kappa shape index (κ1) is 20.0. The zero-order chi connectivity index (χ0) is 20.4. The van der Waals surface area contributed by atoms with Gasteiger partial charge < -0.3 is 9.64 Å². The minimum Gasteiger partial charge on any atom is -0.472 e. The van der Waals surface area contributed by atoms with Gasteiger partial charge in [0, 0.05) is 31.2 Å². The average molecular weight is 401 g/mol. The number of nitriles is 1. The van der Waals surface area contributed by atoms with Crippen molar-refractivity contribution >= 4 is 15.7 Å². The van der Waals surface area contributed by atoms with Crippen LogP contribution in [0.1, 0.15) is 25.1 Å². The van der Waals surface area contributed by atoms with E-state index in [0.717, 1.165) is 5.56 Å². The first-order valence-electron chi connectivity index (χ1n) is 8.88. The van der Waals surface area contributed by atoms with E-state index in [1.54, 1.807) is 6.07 Å². The summed E-state index contributed by atoms with van der Waals surface area (Å²) in [4.78, 5) is 1.96. The maximum Gasteiger partial charge on any atom is 0.235 e. The first-order chi connectivity index (χ1) is 13.2. The van der Waals surface area contributed by atoms with Crippen molar-refractivity contribution in [3.8, 4) is 11.9 Å². The Morgan fingerprint density at radius 2 is 1.93 bits per heavy atom. The second-order valence-corrected chi connectivity index (χ2v) is 9.28. The summed E-state index contributed by atoms with van der Waals surface area (Å²) in [5.41, 5.74) is 1.17. The first-order valence-corrected chi connectivity index (χ1v) is 10.7. The predicted molar refractivity (Wildman–Crippen MR) is 105 cm³/mol. The van der Waals surface area contributed by atoms with E-state index in [1.807, 2.05) is 49.1 Å². The number of piperazine rings is 1. The molecule has 3 rings (SSSR count). The third-order valence-electron chi connectivity index (χ3n) is 4.65. The van der Waals surface area contributed by atoms with Crippen molar-refractivity contribution in [3.05, 3.63) is 47.7 Å². The Morgan fingerprint density at radius 3 is 2.54 bits per heavy atom. The maximum atomic E-state index is 12.1. The maximum absolute atomic E-state index is 12.1. The van der Waals surface area contributed by atoms with Crippen LogP contribution in [0.15, 0.2) is 36.4 Å². The lowest BCUT2D eigenvalue weighted by Crippen LogP contribution is -2.61. The molecule has 1 saturated heterocycles. The molecule has 0 atom stereocenters. The molecule has 0 saturated carbocycles. The van der Waals surface area contributed by atoms with Crippen molar-refractivity contribution in [2.24, 2.45) is 0 Å². The van der Waals surface area contributed by atoms with Gasteiger partial charge in [0.05, 0.1) is 11.9 Å². The van der Waals surface area contributed by atoms with Crippen LogP contribution >= 0.6 is 0 Å². The third-order valence-corrected chi connectivity index (χ3v) is 6.13. The van der Waals surface area contributed by atoms with Gasteiger partial charge in [0.15, 0.2) is 5.69 Å². The quantitative estimate of drug-likeness (QED) is 0.753. The summed E-state index contributed by atoms with van der Waals surface area (Å²) >= 11 is 0. The van der Waals surface area contributed by atoms with E-state index < -0.39 is 15.6 Å². The van der Waals surface area contributed by atoms with Crippen molar-refractivity contribution in [2.75, 3.05) is 30.8 Å². The number of nitrogens with zero attached hydrogens (tertiary/aromatic N) is 5. The summed E-state index contributed by atoms with van der Waals surface area (Å²) in [6, 6.07) is 13.4. The number of hydrogen-bond donors (Lipinski definition) is 0. The van der Waals surface area contributed by atoms with E-state index in [2.05, 4.69) is 16.3 Å². The number of sulfonamides is 1. The fourth-order valence-corrected chi connectivity index (χ4v) is 4.82. The Labute approximate surface area is 165 Å². The molecule has 0 spiro atoms. The Morgan fingerprint density at radius 1 is 1.21 bits per heavy atom. The van der Waals surface area contributed by atoms with E-state index >= 15 is 0 Å². The molecule has 1 aliphatic rings. The normalized spacial score (nSPS) is 17.1. The standard InChI is InChI=1S/C19H23N5O3S/c1-19(2)14-23(9-10-24(19)28(3,25)26)17-11-18(22-21-16(17)12-20)27-13-15-7-5-4-6-8-15/h4-8,11H,9-10,13-14H2,1-3H3. The lowest BCUT2D eigenvalue weighted by molar-refractivity contribution is 0.206. The smallest absolute Gasteiger partial charge is 0.235 e. The molecule has 9 heteroatoms. The lowest BCUT2D eigenvalue weighted by atomic mass is 10.0. The molecule has 0 amide bonds. The molecular formula is C19H23N5O3S. The van der Waals surface area contributed by atoms with Crippen LogP contribution in [0.4, 0.5) is 5.69 Å². The zero-order valence-electron chi connectivity index (χ0n) is 16.2. The molecule has 0 aliphatic carbocycles. The van der Waals surface area contributed by atoms with E-state index in [9.17, 15) is 13.7 Å². The highest BCUT2D eigenvalue weighted by Gasteiger charge is 2.39. The summed E-state index contributed by atoms with van der Waals surface area (Å²) in [6.07, 6.45) is 1.22. The fourth-order valence-electron chi connectivity index (χ4n) is 3.45. The lowest BCUT2D eigenvalue weighted by Gasteiger charge is -2.46. The van der Waals surface area contributed by atoms with Crippen LogP contribution in [0.2, 0.25) is 0 Å². The molecule has 0 unspecified atom stereocenters. The van der Waals surface area contributed by atoms with E-state index in [4.69, 9.17) is 4.74 Å². The SMILES string of the molecule is CC1(C)CN(c2cc(OCc3ccccc3)nnc2C#N)CCN1S(C)(=O)=O. The van der Waals surface area contributed by atoms with Gasteiger partial charge in [0.2, 0.25) is 15.9 Å². The third kappa shape index (κ3) is 4.40. The zero-order valence-corrected chi connectivity index (χ0v) is 17.0. The highest BCUT2D eigenvalue weighted by Crippen LogP contribution is 2.30. The van der Waals surface area contributed by atoms with Crippen molar-refractivity contribution in [1.82, 2.24) is 14.5 Å². The summed E-state index contributed by atoms with van der Waals surface area (Å²) in [7, 11) is -3.31. The molecule has 1 aromatic carbocycles.